The van der Waals surface area contributed by atoms with E-state index in [0.717, 1.165) is 50.7 Å². The van der Waals surface area contributed by atoms with Gasteiger partial charge in [-0.15, -0.1) is 0 Å². The average Bonchev–Trinajstić information content (AvgIpc) is 2.88. The smallest absolute Gasteiger partial charge is 0.465 e. The van der Waals surface area contributed by atoms with Gasteiger partial charge in [-0.2, -0.15) is 0 Å². The molecule has 0 radical (unpaired) electrons. The SMILES string of the molecule is CC1(C)OB(c2ccc3c(c2)CCN(C2CCC(NC(=O)O)CC2)C3)OC1(C)C. The van der Waals surface area contributed by atoms with E-state index < -0.39 is 6.09 Å². The van der Waals surface area contributed by atoms with Gasteiger partial charge in [-0.25, -0.2) is 4.79 Å². The predicted octanol–water partition coefficient (Wildman–Crippen LogP) is 2.92. The lowest BCUT2D eigenvalue weighted by molar-refractivity contribution is 0.00578. The normalized spacial score (nSPS) is 28.8. The second-order valence-electron chi connectivity index (χ2n) is 9.79. The van der Waals surface area contributed by atoms with Crippen LogP contribution in [0.25, 0.3) is 0 Å². The van der Waals surface area contributed by atoms with E-state index in [2.05, 4.69) is 56.1 Å². The number of rotatable bonds is 3. The molecule has 2 aliphatic heterocycles. The van der Waals surface area contributed by atoms with Crippen LogP contribution in [0.4, 0.5) is 4.79 Å². The number of fused-ring (bicyclic) bond motifs is 1. The lowest BCUT2D eigenvalue weighted by atomic mass is 9.77. The first-order valence-corrected chi connectivity index (χ1v) is 10.9. The largest absolute Gasteiger partial charge is 0.494 e. The van der Waals surface area contributed by atoms with Gasteiger partial charge in [0.2, 0.25) is 0 Å². The molecule has 1 aromatic rings. The molecule has 0 spiro atoms. The van der Waals surface area contributed by atoms with Crippen LogP contribution in [0.15, 0.2) is 18.2 Å². The molecule has 0 atom stereocenters. The molecule has 4 rings (SSSR count). The molecule has 1 aliphatic carbocycles. The minimum atomic E-state index is -0.904. The fraction of sp³-hybridized carbons (Fsp3) is 0.682. The number of carboxylic acid groups (broad SMARTS) is 1. The second-order valence-corrected chi connectivity index (χ2v) is 9.79. The van der Waals surface area contributed by atoms with Gasteiger partial charge in [0.05, 0.1) is 11.2 Å². The van der Waals surface area contributed by atoms with E-state index in [4.69, 9.17) is 14.4 Å². The highest BCUT2D eigenvalue weighted by Crippen LogP contribution is 2.37. The van der Waals surface area contributed by atoms with Crippen molar-refractivity contribution in [3.63, 3.8) is 0 Å². The number of hydrogen-bond donors (Lipinski definition) is 2. The molecule has 29 heavy (non-hydrogen) atoms. The number of nitrogens with zero attached hydrogens (tertiary/aromatic N) is 1. The van der Waals surface area contributed by atoms with Crippen LogP contribution in [0, 0.1) is 0 Å². The van der Waals surface area contributed by atoms with Crippen LogP contribution in [0.5, 0.6) is 0 Å². The summed E-state index contributed by atoms with van der Waals surface area (Å²) in [6.45, 7) is 10.4. The van der Waals surface area contributed by atoms with Crippen molar-refractivity contribution in [2.24, 2.45) is 0 Å². The molecule has 0 bridgehead atoms. The molecule has 3 aliphatic rings. The molecular weight excluding hydrogens is 367 g/mol. The van der Waals surface area contributed by atoms with Gasteiger partial charge in [0.25, 0.3) is 0 Å². The monoisotopic (exact) mass is 400 g/mol. The van der Waals surface area contributed by atoms with Crippen molar-refractivity contribution in [3.8, 4) is 0 Å². The standard InChI is InChI=1S/C22H33BN2O4/c1-21(2)22(3,4)29-23(28-21)17-6-5-16-14-25(12-11-15(16)13-17)19-9-7-18(8-10-19)24-20(26)27/h5-6,13,18-19,24H,7-12,14H2,1-4H3,(H,26,27). The third kappa shape index (κ3) is 4.18. The first-order valence-electron chi connectivity index (χ1n) is 10.9. The third-order valence-corrected chi connectivity index (χ3v) is 7.34. The molecule has 2 fully saturated rings. The topological polar surface area (TPSA) is 71.0 Å². The Bertz CT molecular complexity index is 758. The van der Waals surface area contributed by atoms with Gasteiger partial charge in [0, 0.05) is 25.2 Å². The highest BCUT2D eigenvalue weighted by molar-refractivity contribution is 6.62. The van der Waals surface area contributed by atoms with Gasteiger partial charge in [-0.05, 0) is 76.4 Å². The van der Waals surface area contributed by atoms with E-state index in [-0.39, 0.29) is 24.4 Å². The molecular formula is C22H33BN2O4. The van der Waals surface area contributed by atoms with Crippen molar-refractivity contribution in [1.29, 1.82) is 0 Å². The number of amides is 1. The Labute approximate surface area is 174 Å². The number of carbonyl (C=O) groups is 1. The van der Waals surface area contributed by atoms with Crippen molar-refractivity contribution in [2.45, 2.75) is 89.6 Å². The first kappa shape index (κ1) is 20.7. The van der Waals surface area contributed by atoms with E-state index in [0.29, 0.717) is 6.04 Å². The van der Waals surface area contributed by atoms with Crippen molar-refractivity contribution >= 4 is 18.7 Å². The fourth-order valence-electron chi connectivity index (χ4n) is 4.79. The van der Waals surface area contributed by atoms with Crippen LogP contribution in [-0.4, -0.2) is 53.0 Å². The molecule has 2 N–H and O–H groups in total. The molecule has 1 aromatic carbocycles. The number of benzene rings is 1. The van der Waals surface area contributed by atoms with Crippen LogP contribution in [0.1, 0.15) is 64.5 Å². The van der Waals surface area contributed by atoms with Crippen molar-refractivity contribution < 1.29 is 19.2 Å². The molecule has 1 saturated carbocycles. The minimum absolute atomic E-state index is 0.114. The highest BCUT2D eigenvalue weighted by Gasteiger charge is 2.51. The Kier molecular flexibility index (Phi) is 5.42. The van der Waals surface area contributed by atoms with E-state index in [1.807, 2.05) is 0 Å². The zero-order chi connectivity index (χ0) is 20.8. The maximum atomic E-state index is 10.8. The Hall–Kier alpha value is -1.57. The molecule has 6 nitrogen and oxygen atoms in total. The van der Waals surface area contributed by atoms with E-state index in [9.17, 15) is 4.79 Å². The summed E-state index contributed by atoms with van der Waals surface area (Å²) in [5.74, 6) is 0. The summed E-state index contributed by atoms with van der Waals surface area (Å²) in [6.07, 6.45) is 4.12. The lowest BCUT2D eigenvalue weighted by Gasteiger charge is -2.39. The van der Waals surface area contributed by atoms with Gasteiger partial charge in [0.1, 0.15) is 0 Å². The van der Waals surface area contributed by atoms with Gasteiger partial charge in [-0.3, -0.25) is 4.90 Å². The van der Waals surface area contributed by atoms with E-state index in [1.165, 1.54) is 11.1 Å². The van der Waals surface area contributed by atoms with Crippen LogP contribution in [0.2, 0.25) is 0 Å². The van der Waals surface area contributed by atoms with Crippen molar-refractivity contribution in [3.05, 3.63) is 29.3 Å². The van der Waals surface area contributed by atoms with Crippen LogP contribution in [-0.2, 0) is 22.3 Å². The van der Waals surface area contributed by atoms with Gasteiger partial charge >= 0.3 is 13.2 Å². The first-order chi connectivity index (χ1) is 13.6. The second kappa shape index (κ2) is 7.60. The minimum Gasteiger partial charge on any atom is -0.465 e. The molecule has 2 heterocycles. The lowest BCUT2D eigenvalue weighted by Crippen LogP contribution is -2.45. The van der Waals surface area contributed by atoms with E-state index in [1.54, 1.807) is 0 Å². The summed E-state index contributed by atoms with van der Waals surface area (Å²) < 4.78 is 12.4. The Morgan fingerprint density at radius 2 is 1.76 bits per heavy atom. The maximum Gasteiger partial charge on any atom is 0.494 e. The number of hydrogen-bond acceptors (Lipinski definition) is 4. The van der Waals surface area contributed by atoms with Crippen LogP contribution in [0.3, 0.4) is 0 Å². The van der Waals surface area contributed by atoms with E-state index >= 15 is 0 Å². The van der Waals surface area contributed by atoms with Gasteiger partial charge < -0.3 is 19.7 Å². The molecule has 1 saturated heterocycles. The van der Waals surface area contributed by atoms with Crippen molar-refractivity contribution in [1.82, 2.24) is 10.2 Å². The Balaban J connectivity index is 1.39. The number of nitrogens with one attached hydrogen (secondary N) is 1. The van der Waals surface area contributed by atoms with Gasteiger partial charge in [0.15, 0.2) is 0 Å². The average molecular weight is 400 g/mol. The molecule has 7 heteroatoms. The quantitative estimate of drug-likeness (QED) is 0.764. The van der Waals surface area contributed by atoms with Crippen LogP contribution >= 0.6 is 0 Å². The zero-order valence-corrected chi connectivity index (χ0v) is 18.0. The Morgan fingerprint density at radius 1 is 1.10 bits per heavy atom. The molecule has 158 valence electrons. The summed E-state index contributed by atoms with van der Waals surface area (Å²) in [7, 11) is -0.305. The van der Waals surface area contributed by atoms with Crippen molar-refractivity contribution in [2.75, 3.05) is 6.54 Å². The summed E-state index contributed by atoms with van der Waals surface area (Å²) >= 11 is 0. The summed E-state index contributed by atoms with van der Waals surface area (Å²) in [5.41, 5.74) is 3.25. The fourth-order valence-corrected chi connectivity index (χ4v) is 4.79. The van der Waals surface area contributed by atoms with Gasteiger partial charge in [-0.1, -0.05) is 18.2 Å². The maximum absolute atomic E-state index is 10.8. The summed E-state index contributed by atoms with van der Waals surface area (Å²) in [5, 5.41) is 11.5. The summed E-state index contributed by atoms with van der Waals surface area (Å²) in [6, 6.07) is 7.32. The molecule has 0 unspecified atom stereocenters. The molecule has 0 aromatic heterocycles. The molecule has 1 amide bonds. The zero-order valence-electron chi connectivity index (χ0n) is 18.0. The predicted molar refractivity (Wildman–Crippen MR) is 113 cm³/mol. The summed E-state index contributed by atoms with van der Waals surface area (Å²) in [4.78, 5) is 13.4. The third-order valence-electron chi connectivity index (χ3n) is 7.34. The Morgan fingerprint density at radius 3 is 2.38 bits per heavy atom. The van der Waals surface area contributed by atoms with Crippen LogP contribution < -0.4 is 10.8 Å². The highest BCUT2D eigenvalue weighted by atomic mass is 16.7.